The lowest BCUT2D eigenvalue weighted by molar-refractivity contribution is 0.0406. The molecule has 1 aromatic heterocycles. The molecule has 1 spiro atoms. The molecule has 1 N–H and O–H groups in total. The second kappa shape index (κ2) is 4.96. The van der Waals surface area contributed by atoms with Crippen LogP contribution in [0.5, 0.6) is 5.88 Å². The first-order valence-electron chi connectivity index (χ1n) is 7.04. The monoisotopic (exact) mass is 263 g/mol. The molecule has 3 rings (SSSR count). The fourth-order valence-electron chi connectivity index (χ4n) is 3.53. The van der Waals surface area contributed by atoms with Crippen molar-refractivity contribution in [1.29, 1.82) is 0 Å². The molecule has 5 heteroatoms. The van der Waals surface area contributed by atoms with Crippen molar-refractivity contribution in [3.05, 3.63) is 12.3 Å². The fourth-order valence-corrected chi connectivity index (χ4v) is 3.53. The van der Waals surface area contributed by atoms with Crippen LogP contribution in [0.2, 0.25) is 0 Å². The lowest BCUT2D eigenvalue weighted by Crippen LogP contribution is -2.47. The highest BCUT2D eigenvalue weighted by atomic mass is 16.5. The molecule has 0 amide bonds. The van der Waals surface area contributed by atoms with Gasteiger partial charge in [-0.15, -0.1) is 0 Å². The van der Waals surface area contributed by atoms with Gasteiger partial charge in [0.25, 0.3) is 0 Å². The Morgan fingerprint density at radius 1 is 1.42 bits per heavy atom. The number of methoxy groups -OCH3 is 1. The van der Waals surface area contributed by atoms with Crippen molar-refractivity contribution in [2.24, 2.45) is 5.41 Å². The smallest absolute Gasteiger partial charge is 0.228 e. The molecule has 2 atom stereocenters. The highest BCUT2D eigenvalue weighted by Gasteiger charge is 2.45. The van der Waals surface area contributed by atoms with E-state index in [-0.39, 0.29) is 11.5 Å². The van der Waals surface area contributed by atoms with Gasteiger partial charge in [-0.05, 0) is 25.7 Å². The normalized spacial score (nSPS) is 30.8. The Labute approximate surface area is 113 Å². The van der Waals surface area contributed by atoms with Crippen molar-refractivity contribution in [2.75, 3.05) is 25.1 Å². The summed E-state index contributed by atoms with van der Waals surface area (Å²) >= 11 is 0. The van der Waals surface area contributed by atoms with Gasteiger partial charge in [0.05, 0.1) is 13.2 Å². The second-order valence-corrected chi connectivity index (χ2v) is 5.69. The van der Waals surface area contributed by atoms with Crippen molar-refractivity contribution in [2.45, 2.75) is 38.2 Å². The summed E-state index contributed by atoms with van der Waals surface area (Å²) in [5, 5.41) is 10.3. The van der Waals surface area contributed by atoms with Gasteiger partial charge in [-0.25, -0.2) is 4.98 Å². The number of aliphatic hydroxyl groups is 1. The van der Waals surface area contributed by atoms with Crippen molar-refractivity contribution in [3.8, 4) is 5.88 Å². The van der Waals surface area contributed by atoms with E-state index in [2.05, 4.69) is 14.9 Å². The van der Waals surface area contributed by atoms with Crippen molar-refractivity contribution in [1.82, 2.24) is 9.97 Å². The van der Waals surface area contributed by atoms with E-state index in [1.165, 1.54) is 0 Å². The van der Waals surface area contributed by atoms with Crippen LogP contribution in [0.1, 0.15) is 32.1 Å². The van der Waals surface area contributed by atoms with Crippen LogP contribution in [0.4, 0.5) is 5.95 Å². The maximum absolute atomic E-state index is 10.3. The molecule has 0 aromatic carbocycles. The quantitative estimate of drug-likeness (QED) is 0.878. The maximum atomic E-state index is 10.3. The van der Waals surface area contributed by atoms with Gasteiger partial charge in [0.15, 0.2) is 0 Å². The van der Waals surface area contributed by atoms with Gasteiger partial charge in [-0.3, -0.25) is 0 Å². The van der Waals surface area contributed by atoms with Gasteiger partial charge in [-0.2, -0.15) is 4.98 Å². The van der Waals surface area contributed by atoms with E-state index in [1.54, 1.807) is 19.4 Å². The zero-order valence-corrected chi connectivity index (χ0v) is 11.4. The molecule has 1 saturated heterocycles. The number of hydrogen-bond donors (Lipinski definition) is 1. The van der Waals surface area contributed by atoms with Crippen LogP contribution in [-0.2, 0) is 0 Å². The Bertz CT molecular complexity index is 454. The zero-order valence-electron chi connectivity index (χ0n) is 11.4. The second-order valence-electron chi connectivity index (χ2n) is 5.69. The van der Waals surface area contributed by atoms with Crippen molar-refractivity contribution in [3.63, 3.8) is 0 Å². The largest absolute Gasteiger partial charge is 0.481 e. The third-order valence-corrected chi connectivity index (χ3v) is 4.58. The minimum absolute atomic E-state index is 0.0602. The van der Waals surface area contributed by atoms with Crippen LogP contribution in [-0.4, -0.2) is 41.4 Å². The molecule has 1 aromatic rings. The van der Waals surface area contributed by atoms with E-state index in [1.807, 2.05) is 0 Å². The fraction of sp³-hybridized carbons (Fsp3) is 0.714. The summed E-state index contributed by atoms with van der Waals surface area (Å²) in [6.07, 6.45) is 6.97. The first-order chi connectivity index (χ1) is 9.23. The molecular formula is C14H21N3O2. The highest BCUT2D eigenvalue weighted by molar-refractivity contribution is 5.33. The van der Waals surface area contributed by atoms with Gasteiger partial charge >= 0.3 is 0 Å². The third-order valence-electron chi connectivity index (χ3n) is 4.58. The summed E-state index contributed by atoms with van der Waals surface area (Å²) < 4.78 is 5.16. The molecule has 0 radical (unpaired) electrons. The number of rotatable bonds is 2. The topological polar surface area (TPSA) is 58.5 Å². The first-order valence-corrected chi connectivity index (χ1v) is 7.04. The molecule has 19 heavy (non-hydrogen) atoms. The summed E-state index contributed by atoms with van der Waals surface area (Å²) in [6, 6.07) is 1.76. The van der Waals surface area contributed by atoms with E-state index in [0.717, 1.165) is 51.1 Å². The van der Waals surface area contributed by atoms with E-state index in [9.17, 15) is 5.11 Å². The lowest BCUT2D eigenvalue weighted by Gasteiger charge is -2.42. The summed E-state index contributed by atoms with van der Waals surface area (Å²) in [5.41, 5.74) is 0.0602. The Balaban J connectivity index is 1.81. The van der Waals surface area contributed by atoms with Crippen LogP contribution < -0.4 is 9.64 Å². The molecule has 0 unspecified atom stereocenters. The number of ether oxygens (including phenoxy) is 1. The van der Waals surface area contributed by atoms with Crippen LogP contribution in [0.3, 0.4) is 0 Å². The number of aliphatic hydroxyl groups excluding tert-OH is 1. The predicted molar refractivity (Wildman–Crippen MR) is 72.3 cm³/mol. The zero-order chi connectivity index (χ0) is 13.3. The SMILES string of the molecule is COc1ccnc(N2CCC[C@@]3(CCC[C@H]3O)C2)n1. The molecular weight excluding hydrogens is 242 g/mol. The maximum Gasteiger partial charge on any atom is 0.228 e. The van der Waals surface area contributed by atoms with Gasteiger partial charge in [0.1, 0.15) is 0 Å². The van der Waals surface area contributed by atoms with Gasteiger partial charge < -0.3 is 14.7 Å². The minimum atomic E-state index is -0.166. The molecule has 2 aliphatic rings. The molecule has 2 fully saturated rings. The Hall–Kier alpha value is -1.36. The predicted octanol–water partition coefficient (Wildman–Crippen LogP) is 1.62. The van der Waals surface area contributed by atoms with Crippen molar-refractivity contribution < 1.29 is 9.84 Å². The number of aromatic nitrogens is 2. The lowest BCUT2D eigenvalue weighted by atomic mass is 9.77. The molecule has 5 nitrogen and oxygen atoms in total. The average Bonchev–Trinajstić information content (AvgIpc) is 2.80. The number of anilines is 1. The highest BCUT2D eigenvalue weighted by Crippen LogP contribution is 2.45. The number of hydrogen-bond acceptors (Lipinski definition) is 5. The van der Waals surface area contributed by atoms with Crippen LogP contribution in [0, 0.1) is 5.41 Å². The van der Waals surface area contributed by atoms with Crippen LogP contribution in [0.25, 0.3) is 0 Å². The Morgan fingerprint density at radius 2 is 2.26 bits per heavy atom. The van der Waals surface area contributed by atoms with Gasteiger partial charge in [-0.1, -0.05) is 6.42 Å². The Kier molecular flexibility index (Phi) is 3.31. The molecule has 104 valence electrons. The summed E-state index contributed by atoms with van der Waals surface area (Å²) in [7, 11) is 1.62. The first kappa shape index (κ1) is 12.7. The molecule has 1 saturated carbocycles. The molecule has 0 bridgehead atoms. The average molecular weight is 263 g/mol. The minimum Gasteiger partial charge on any atom is -0.481 e. The van der Waals surface area contributed by atoms with E-state index in [4.69, 9.17) is 4.74 Å². The summed E-state index contributed by atoms with van der Waals surface area (Å²) in [5.74, 6) is 1.31. The number of piperidine rings is 1. The molecule has 1 aliphatic heterocycles. The molecule has 2 heterocycles. The van der Waals surface area contributed by atoms with E-state index < -0.39 is 0 Å². The Morgan fingerprint density at radius 3 is 3.00 bits per heavy atom. The van der Waals surface area contributed by atoms with Crippen molar-refractivity contribution >= 4 is 5.95 Å². The molecule has 1 aliphatic carbocycles. The van der Waals surface area contributed by atoms with Gasteiger partial charge in [0.2, 0.25) is 11.8 Å². The standard InChI is InChI=1S/C14H21N3O2/c1-19-12-5-8-15-13(16-12)17-9-3-7-14(10-17)6-2-4-11(14)18/h5,8,11,18H,2-4,6-7,9-10H2,1H3/t11-,14+/m1/s1. The summed E-state index contributed by atoms with van der Waals surface area (Å²) in [4.78, 5) is 10.9. The third kappa shape index (κ3) is 2.27. The summed E-state index contributed by atoms with van der Waals surface area (Å²) in [6.45, 7) is 1.82. The number of nitrogens with zero attached hydrogens (tertiary/aromatic N) is 3. The van der Waals surface area contributed by atoms with Crippen LogP contribution >= 0.6 is 0 Å². The van der Waals surface area contributed by atoms with Crippen LogP contribution in [0.15, 0.2) is 12.3 Å². The van der Waals surface area contributed by atoms with E-state index in [0.29, 0.717) is 5.88 Å². The van der Waals surface area contributed by atoms with E-state index >= 15 is 0 Å². The van der Waals surface area contributed by atoms with Gasteiger partial charge in [0, 0.05) is 30.8 Å².